The number of hydrogen-bond donors (Lipinski definition) is 2. The Bertz CT molecular complexity index is 1190. The molecule has 2 aromatic carbocycles. The Morgan fingerprint density at radius 3 is 2.63 bits per heavy atom. The van der Waals surface area contributed by atoms with Crippen LogP contribution in [0.15, 0.2) is 65.8 Å². The van der Waals surface area contributed by atoms with Crippen molar-refractivity contribution in [1.82, 2.24) is 19.6 Å². The molecule has 1 atom stereocenters. The summed E-state index contributed by atoms with van der Waals surface area (Å²) in [5.74, 6) is -0.399. The predicted molar refractivity (Wildman–Crippen MR) is 109 cm³/mol. The molecule has 0 spiro atoms. The Labute approximate surface area is 174 Å². The van der Waals surface area contributed by atoms with Crippen LogP contribution in [0.3, 0.4) is 0 Å². The minimum absolute atomic E-state index is 0.0290. The number of hydrogen-bond acceptors (Lipinski definition) is 4. The summed E-state index contributed by atoms with van der Waals surface area (Å²) < 4.78 is 43.1. The van der Waals surface area contributed by atoms with Gasteiger partial charge in [-0.1, -0.05) is 18.2 Å². The van der Waals surface area contributed by atoms with Crippen LogP contribution in [0.25, 0.3) is 0 Å². The molecule has 30 heavy (non-hydrogen) atoms. The molecule has 3 aromatic rings. The van der Waals surface area contributed by atoms with Crippen molar-refractivity contribution in [2.75, 3.05) is 0 Å². The van der Waals surface area contributed by atoms with Crippen molar-refractivity contribution >= 4 is 15.9 Å². The van der Waals surface area contributed by atoms with E-state index in [0.717, 1.165) is 12.8 Å². The van der Waals surface area contributed by atoms with Crippen molar-refractivity contribution < 1.29 is 17.6 Å². The molecule has 4 rings (SSSR count). The third-order valence-electron chi connectivity index (χ3n) is 4.88. The first-order chi connectivity index (χ1) is 14.3. The second kappa shape index (κ2) is 8.00. The fourth-order valence-electron chi connectivity index (χ4n) is 3.15. The molecule has 1 unspecified atom stereocenters. The van der Waals surface area contributed by atoms with Gasteiger partial charge in [-0.25, -0.2) is 22.5 Å². The van der Waals surface area contributed by atoms with E-state index in [9.17, 15) is 17.6 Å². The highest BCUT2D eigenvalue weighted by Crippen LogP contribution is 2.24. The standard InChI is InChI=1S/C21H21FN4O3S/c1-26-11-10-23-20(26)19(14-4-2-6-16(22)12-14)24-21(27)15-5-3-7-18(13-15)30(28,29)25-17-8-9-17/h2-7,10-13,17,19,25H,8-9H2,1H3,(H,24,27). The number of halogens is 1. The lowest BCUT2D eigenvalue weighted by Gasteiger charge is -2.19. The summed E-state index contributed by atoms with van der Waals surface area (Å²) >= 11 is 0. The normalized spacial score (nSPS) is 15.0. The Hall–Kier alpha value is -3.04. The Morgan fingerprint density at radius 2 is 1.97 bits per heavy atom. The number of aromatic nitrogens is 2. The van der Waals surface area contributed by atoms with E-state index in [-0.39, 0.29) is 16.5 Å². The van der Waals surface area contributed by atoms with Gasteiger partial charge in [-0.3, -0.25) is 4.79 Å². The molecule has 1 aromatic heterocycles. The number of carbonyl (C=O) groups excluding carboxylic acids is 1. The second-order valence-electron chi connectivity index (χ2n) is 7.28. The zero-order valence-corrected chi connectivity index (χ0v) is 17.1. The lowest BCUT2D eigenvalue weighted by atomic mass is 10.0. The van der Waals surface area contributed by atoms with Crippen LogP contribution in [-0.4, -0.2) is 29.9 Å². The average Bonchev–Trinajstić information content (AvgIpc) is 3.42. The van der Waals surface area contributed by atoms with Crippen LogP contribution >= 0.6 is 0 Å². The first kappa shape index (κ1) is 20.2. The highest BCUT2D eigenvalue weighted by atomic mass is 32.2. The van der Waals surface area contributed by atoms with Gasteiger partial charge in [-0.15, -0.1) is 0 Å². The number of nitrogens with one attached hydrogen (secondary N) is 2. The lowest BCUT2D eigenvalue weighted by Crippen LogP contribution is -2.31. The van der Waals surface area contributed by atoms with Gasteiger partial charge in [0.05, 0.1) is 4.90 Å². The molecule has 0 aliphatic heterocycles. The summed E-state index contributed by atoms with van der Waals surface area (Å²) in [5, 5.41) is 2.85. The van der Waals surface area contributed by atoms with Crippen molar-refractivity contribution in [2.45, 2.75) is 29.8 Å². The van der Waals surface area contributed by atoms with Crippen LogP contribution in [-0.2, 0) is 17.1 Å². The summed E-state index contributed by atoms with van der Waals surface area (Å²) in [5.41, 5.74) is 0.709. The fourth-order valence-corrected chi connectivity index (χ4v) is 4.50. The number of sulfonamides is 1. The van der Waals surface area contributed by atoms with Gasteiger partial charge in [-0.05, 0) is 48.7 Å². The predicted octanol–water partition coefficient (Wildman–Crippen LogP) is 2.52. The van der Waals surface area contributed by atoms with E-state index in [4.69, 9.17) is 0 Å². The van der Waals surface area contributed by atoms with Gasteiger partial charge in [0.15, 0.2) is 0 Å². The molecule has 1 amide bonds. The van der Waals surface area contributed by atoms with Crippen LogP contribution in [0.1, 0.15) is 40.6 Å². The lowest BCUT2D eigenvalue weighted by molar-refractivity contribution is 0.0941. The topological polar surface area (TPSA) is 93.1 Å². The quantitative estimate of drug-likeness (QED) is 0.605. The van der Waals surface area contributed by atoms with Crippen LogP contribution in [0.5, 0.6) is 0 Å². The smallest absolute Gasteiger partial charge is 0.252 e. The SMILES string of the molecule is Cn1ccnc1C(NC(=O)c1cccc(S(=O)(=O)NC2CC2)c1)c1cccc(F)c1. The number of nitrogens with zero attached hydrogens (tertiary/aromatic N) is 2. The first-order valence-electron chi connectivity index (χ1n) is 9.49. The molecule has 1 heterocycles. The van der Waals surface area contributed by atoms with Gasteiger partial charge >= 0.3 is 0 Å². The van der Waals surface area contributed by atoms with E-state index in [1.165, 1.54) is 36.4 Å². The zero-order chi connectivity index (χ0) is 21.3. The van der Waals surface area contributed by atoms with E-state index in [1.54, 1.807) is 36.1 Å². The Kier molecular flexibility index (Phi) is 5.40. The van der Waals surface area contributed by atoms with Crippen molar-refractivity contribution in [3.05, 3.63) is 83.7 Å². The second-order valence-corrected chi connectivity index (χ2v) is 9.00. The molecule has 1 aliphatic carbocycles. The van der Waals surface area contributed by atoms with Gasteiger partial charge in [0.25, 0.3) is 5.91 Å². The molecular formula is C21H21FN4O3S. The molecule has 1 saturated carbocycles. The van der Waals surface area contributed by atoms with Crippen LogP contribution in [0, 0.1) is 5.82 Å². The molecule has 1 fully saturated rings. The average molecular weight is 428 g/mol. The number of imidazole rings is 1. The van der Waals surface area contributed by atoms with Crippen molar-refractivity contribution in [1.29, 1.82) is 0 Å². The van der Waals surface area contributed by atoms with Gasteiger partial charge < -0.3 is 9.88 Å². The van der Waals surface area contributed by atoms with E-state index < -0.39 is 27.8 Å². The van der Waals surface area contributed by atoms with Gasteiger partial charge in [0, 0.05) is 31.0 Å². The summed E-state index contributed by atoms with van der Waals surface area (Å²) in [6.45, 7) is 0. The molecule has 156 valence electrons. The maximum Gasteiger partial charge on any atom is 0.252 e. The number of carbonyl (C=O) groups is 1. The third kappa shape index (κ3) is 4.42. The van der Waals surface area contributed by atoms with E-state index in [2.05, 4.69) is 15.0 Å². The van der Waals surface area contributed by atoms with Gasteiger partial charge in [0.2, 0.25) is 10.0 Å². The highest BCUT2D eigenvalue weighted by Gasteiger charge is 2.28. The third-order valence-corrected chi connectivity index (χ3v) is 6.40. The molecule has 0 saturated heterocycles. The summed E-state index contributed by atoms with van der Waals surface area (Å²) in [6, 6.07) is 11.0. The summed E-state index contributed by atoms with van der Waals surface area (Å²) in [4.78, 5) is 17.3. The van der Waals surface area contributed by atoms with E-state index in [0.29, 0.717) is 11.4 Å². The van der Waals surface area contributed by atoms with Gasteiger partial charge in [-0.2, -0.15) is 0 Å². The Balaban J connectivity index is 1.63. The molecule has 9 heteroatoms. The molecule has 1 aliphatic rings. The molecule has 0 radical (unpaired) electrons. The maximum atomic E-state index is 13.8. The maximum absolute atomic E-state index is 13.8. The zero-order valence-electron chi connectivity index (χ0n) is 16.2. The number of benzene rings is 2. The number of rotatable bonds is 7. The summed E-state index contributed by atoms with van der Waals surface area (Å²) in [7, 11) is -1.91. The van der Waals surface area contributed by atoms with Crippen molar-refractivity contribution in [3.63, 3.8) is 0 Å². The van der Waals surface area contributed by atoms with E-state index >= 15 is 0 Å². The monoisotopic (exact) mass is 428 g/mol. The van der Waals surface area contributed by atoms with Crippen LogP contribution in [0.2, 0.25) is 0 Å². The number of aryl methyl sites for hydroxylation is 1. The summed E-state index contributed by atoms with van der Waals surface area (Å²) in [6.07, 6.45) is 4.95. The highest BCUT2D eigenvalue weighted by molar-refractivity contribution is 7.89. The number of amides is 1. The minimum atomic E-state index is -3.69. The van der Waals surface area contributed by atoms with Crippen molar-refractivity contribution in [3.8, 4) is 0 Å². The molecule has 2 N–H and O–H groups in total. The Morgan fingerprint density at radius 1 is 1.20 bits per heavy atom. The first-order valence-corrected chi connectivity index (χ1v) is 11.0. The van der Waals surface area contributed by atoms with Crippen molar-refractivity contribution in [2.24, 2.45) is 7.05 Å². The van der Waals surface area contributed by atoms with Gasteiger partial charge in [0.1, 0.15) is 17.7 Å². The molecular weight excluding hydrogens is 407 g/mol. The molecule has 0 bridgehead atoms. The largest absolute Gasteiger partial charge is 0.338 e. The van der Waals surface area contributed by atoms with E-state index in [1.807, 2.05) is 0 Å². The molecule has 7 nitrogen and oxygen atoms in total. The fraction of sp³-hybridized carbons (Fsp3) is 0.238. The minimum Gasteiger partial charge on any atom is -0.338 e. The van der Waals surface area contributed by atoms with Crippen LogP contribution in [0.4, 0.5) is 4.39 Å². The van der Waals surface area contributed by atoms with Crippen LogP contribution < -0.4 is 10.0 Å².